The minimum absolute atomic E-state index is 0.0987. The average molecular weight is 272 g/mol. The lowest BCUT2D eigenvalue weighted by atomic mass is 9.74. The van der Waals surface area contributed by atoms with E-state index < -0.39 is 16.3 Å². The second-order valence-corrected chi connectivity index (χ2v) is 5.27. The first-order valence-corrected chi connectivity index (χ1v) is 6.32. The SMILES string of the molecule is O=C1Nc2ncccc2C12CCN[C@H](Cl)C2Cl. The fraction of sp³-hybridized carbons (Fsp3) is 0.455. The largest absolute Gasteiger partial charge is 0.310 e. The van der Waals surface area contributed by atoms with E-state index in [1.807, 2.05) is 12.1 Å². The van der Waals surface area contributed by atoms with Gasteiger partial charge in [0.25, 0.3) is 0 Å². The molecule has 0 radical (unpaired) electrons. The van der Waals surface area contributed by atoms with Gasteiger partial charge in [-0.1, -0.05) is 6.07 Å². The van der Waals surface area contributed by atoms with Crippen molar-refractivity contribution in [2.75, 3.05) is 11.9 Å². The van der Waals surface area contributed by atoms with Gasteiger partial charge in [0.2, 0.25) is 5.91 Å². The lowest BCUT2D eigenvalue weighted by Gasteiger charge is -2.39. The monoisotopic (exact) mass is 271 g/mol. The molecule has 1 saturated heterocycles. The van der Waals surface area contributed by atoms with Crippen molar-refractivity contribution in [1.82, 2.24) is 10.3 Å². The van der Waals surface area contributed by atoms with Crippen LogP contribution in [0.25, 0.3) is 0 Å². The Morgan fingerprint density at radius 1 is 1.47 bits per heavy atom. The van der Waals surface area contributed by atoms with E-state index in [2.05, 4.69) is 15.6 Å². The van der Waals surface area contributed by atoms with E-state index in [-0.39, 0.29) is 5.91 Å². The van der Waals surface area contributed by atoms with Crippen molar-refractivity contribution in [1.29, 1.82) is 0 Å². The molecule has 90 valence electrons. The third-order valence-corrected chi connectivity index (χ3v) is 4.67. The Hall–Kier alpha value is -0.840. The molecule has 2 aliphatic rings. The number of pyridine rings is 1. The van der Waals surface area contributed by atoms with E-state index in [0.717, 1.165) is 5.56 Å². The number of hydrogen-bond acceptors (Lipinski definition) is 3. The van der Waals surface area contributed by atoms with E-state index in [0.29, 0.717) is 18.8 Å². The second-order valence-electron chi connectivity index (χ2n) is 4.33. The number of anilines is 1. The molecule has 3 heterocycles. The molecular weight excluding hydrogens is 261 g/mol. The van der Waals surface area contributed by atoms with Crippen molar-refractivity contribution in [2.45, 2.75) is 22.7 Å². The summed E-state index contributed by atoms with van der Waals surface area (Å²) < 4.78 is 0. The third-order valence-electron chi connectivity index (χ3n) is 3.51. The third kappa shape index (κ3) is 1.41. The highest BCUT2D eigenvalue weighted by Crippen LogP contribution is 2.46. The van der Waals surface area contributed by atoms with Gasteiger partial charge in [-0.15, -0.1) is 23.2 Å². The van der Waals surface area contributed by atoms with Gasteiger partial charge in [-0.2, -0.15) is 0 Å². The first-order valence-electron chi connectivity index (χ1n) is 5.45. The number of amides is 1. The molecule has 0 aromatic carbocycles. The number of halogens is 2. The van der Waals surface area contributed by atoms with E-state index in [1.165, 1.54) is 0 Å². The van der Waals surface area contributed by atoms with Crippen LogP contribution in [0, 0.1) is 0 Å². The smallest absolute Gasteiger partial charge is 0.238 e. The van der Waals surface area contributed by atoms with Crippen molar-refractivity contribution >= 4 is 34.9 Å². The molecule has 0 aliphatic carbocycles. The Kier molecular flexibility index (Phi) is 2.54. The molecule has 1 fully saturated rings. The van der Waals surface area contributed by atoms with Gasteiger partial charge < -0.3 is 10.6 Å². The van der Waals surface area contributed by atoms with Gasteiger partial charge in [0.05, 0.1) is 10.8 Å². The first kappa shape index (κ1) is 11.3. The van der Waals surface area contributed by atoms with Crippen LogP contribution in [-0.2, 0) is 10.2 Å². The number of fused-ring (bicyclic) bond motifs is 2. The van der Waals surface area contributed by atoms with Crippen LogP contribution in [0.1, 0.15) is 12.0 Å². The predicted molar refractivity (Wildman–Crippen MR) is 66.4 cm³/mol. The molecule has 17 heavy (non-hydrogen) atoms. The number of hydrogen-bond donors (Lipinski definition) is 2. The Morgan fingerprint density at radius 3 is 3.12 bits per heavy atom. The highest BCUT2D eigenvalue weighted by Gasteiger charge is 2.55. The molecule has 0 bridgehead atoms. The van der Waals surface area contributed by atoms with Crippen LogP contribution in [0.4, 0.5) is 5.82 Å². The molecule has 6 heteroatoms. The molecule has 2 N–H and O–H groups in total. The van der Waals surface area contributed by atoms with E-state index in [4.69, 9.17) is 23.2 Å². The van der Waals surface area contributed by atoms with Crippen molar-refractivity contribution in [2.24, 2.45) is 0 Å². The van der Waals surface area contributed by atoms with Crippen LogP contribution in [0.15, 0.2) is 18.3 Å². The average Bonchev–Trinajstić information content (AvgIpc) is 2.60. The van der Waals surface area contributed by atoms with Crippen LogP contribution in [0.2, 0.25) is 0 Å². The zero-order valence-corrected chi connectivity index (χ0v) is 10.4. The van der Waals surface area contributed by atoms with Crippen molar-refractivity contribution in [3.63, 3.8) is 0 Å². The van der Waals surface area contributed by atoms with E-state index in [1.54, 1.807) is 6.20 Å². The zero-order chi connectivity index (χ0) is 12.0. The van der Waals surface area contributed by atoms with Gasteiger partial charge in [0, 0.05) is 11.8 Å². The van der Waals surface area contributed by atoms with Crippen LogP contribution >= 0.6 is 23.2 Å². The highest BCUT2D eigenvalue weighted by molar-refractivity contribution is 6.33. The lowest BCUT2D eigenvalue weighted by molar-refractivity contribution is -0.121. The molecule has 4 nitrogen and oxygen atoms in total. The maximum Gasteiger partial charge on any atom is 0.238 e. The molecule has 2 aliphatic heterocycles. The zero-order valence-electron chi connectivity index (χ0n) is 8.91. The van der Waals surface area contributed by atoms with Gasteiger partial charge in [0.15, 0.2) is 0 Å². The molecule has 3 atom stereocenters. The minimum atomic E-state index is -0.747. The summed E-state index contributed by atoms with van der Waals surface area (Å²) >= 11 is 12.5. The van der Waals surface area contributed by atoms with Crippen LogP contribution in [0.3, 0.4) is 0 Å². The fourth-order valence-electron chi connectivity index (χ4n) is 2.63. The molecule has 1 spiro atoms. The van der Waals surface area contributed by atoms with Crippen LogP contribution in [-0.4, -0.2) is 28.3 Å². The van der Waals surface area contributed by atoms with Gasteiger partial charge in [-0.05, 0) is 19.0 Å². The summed E-state index contributed by atoms with van der Waals surface area (Å²) in [6, 6.07) is 3.71. The normalized spacial score (nSPS) is 35.8. The summed E-state index contributed by atoms with van der Waals surface area (Å²) in [4.78, 5) is 16.4. The number of alkyl halides is 2. The summed E-state index contributed by atoms with van der Waals surface area (Å²) in [6.45, 7) is 0.666. The molecule has 1 amide bonds. The molecule has 1 aromatic heterocycles. The lowest BCUT2D eigenvalue weighted by Crippen LogP contribution is -2.56. The maximum atomic E-state index is 12.2. The summed E-state index contributed by atoms with van der Waals surface area (Å²) in [7, 11) is 0. The molecule has 0 saturated carbocycles. The maximum absolute atomic E-state index is 12.2. The van der Waals surface area contributed by atoms with Crippen molar-refractivity contribution in [3.8, 4) is 0 Å². The number of carbonyl (C=O) groups excluding carboxylic acids is 1. The Balaban J connectivity index is 2.15. The summed E-state index contributed by atoms with van der Waals surface area (Å²) in [5.41, 5.74) is -0.303. The number of piperidine rings is 1. The molecule has 1 aromatic rings. The number of carbonyl (C=O) groups is 1. The number of nitrogens with zero attached hydrogens (tertiary/aromatic N) is 1. The quantitative estimate of drug-likeness (QED) is 0.555. The van der Waals surface area contributed by atoms with Gasteiger partial charge in [0.1, 0.15) is 11.3 Å². The van der Waals surface area contributed by atoms with E-state index >= 15 is 0 Å². The molecule has 2 unspecified atom stereocenters. The number of aromatic nitrogens is 1. The Labute approximate surface area is 109 Å². The Bertz CT molecular complexity index is 482. The Morgan fingerprint density at radius 2 is 2.29 bits per heavy atom. The first-order chi connectivity index (χ1) is 8.16. The van der Waals surface area contributed by atoms with Crippen molar-refractivity contribution < 1.29 is 4.79 Å². The topological polar surface area (TPSA) is 54.0 Å². The minimum Gasteiger partial charge on any atom is -0.310 e. The fourth-order valence-corrected chi connectivity index (χ4v) is 3.37. The van der Waals surface area contributed by atoms with Gasteiger partial charge in [-0.3, -0.25) is 4.79 Å². The number of nitrogens with one attached hydrogen (secondary N) is 2. The summed E-state index contributed by atoms with van der Waals surface area (Å²) in [6.07, 6.45) is 2.29. The molecular formula is C11H11Cl2N3O. The summed E-state index contributed by atoms with van der Waals surface area (Å²) in [5.74, 6) is 0.507. The second kappa shape index (κ2) is 3.83. The van der Waals surface area contributed by atoms with E-state index in [9.17, 15) is 4.79 Å². The van der Waals surface area contributed by atoms with Crippen LogP contribution in [0.5, 0.6) is 0 Å². The number of rotatable bonds is 0. The highest BCUT2D eigenvalue weighted by atomic mass is 35.5. The van der Waals surface area contributed by atoms with Gasteiger partial charge in [-0.25, -0.2) is 4.98 Å². The van der Waals surface area contributed by atoms with Crippen LogP contribution < -0.4 is 10.6 Å². The predicted octanol–water partition coefficient (Wildman–Crippen LogP) is 1.44. The summed E-state index contributed by atoms with van der Waals surface area (Å²) in [5, 5.41) is 5.37. The van der Waals surface area contributed by atoms with Crippen molar-refractivity contribution in [3.05, 3.63) is 23.9 Å². The van der Waals surface area contributed by atoms with Gasteiger partial charge >= 0.3 is 0 Å². The molecule has 3 rings (SSSR count). The standard InChI is InChI=1S/C11H11Cl2N3O/c12-7-8(13)14-5-3-11(7)6-2-1-4-15-9(6)16-10(11)17/h1-2,4,7-8,14H,3,5H2,(H,15,16,17)/t7?,8-,11?/m0/s1.